The molecule has 0 atom stereocenters. The van der Waals surface area contributed by atoms with Gasteiger partial charge in [-0.05, 0) is 44.0 Å². The zero-order valence-electron chi connectivity index (χ0n) is 13.7. The number of urea groups is 1. The minimum Gasteiger partial charge on any atom is -0.494 e. The molecule has 0 spiro atoms. The Morgan fingerprint density at radius 3 is 2.67 bits per heavy atom. The molecule has 1 aliphatic rings. The van der Waals surface area contributed by atoms with Crippen molar-refractivity contribution in [3.05, 3.63) is 36.0 Å². The molecule has 24 heavy (non-hydrogen) atoms. The van der Waals surface area contributed by atoms with Crippen molar-refractivity contribution in [2.75, 3.05) is 30.7 Å². The van der Waals surface area contributed by atoms with E-state index >= 15 is 0 Å². The first-order valence-corrected chi connectivity index (χ1v) is 8.16. The van der Waals surface area contributed by atoms with Crippen LogP contribution in [0.3, 0.4) is 0 Å². The van der Waals surface area contributed by atoms with Crippen LogP contribution in [0.25, 0.3) is 0 Å². The largest absolute Gasteiger partial charge is 0.494 e. The van der Waals surface area contributed by atoms with Gasteiger partial charge >= 0.3 is 6.03 Å². The highest BCUT2D eigenvalue weighted by atomic mass is 16.5. The Kier molecular flexibility index (Phi) is 4.88. The summed E-state index contributed by atoms with van der Waals surface area (Å²) in [5.74, 6) is 1.42. The highest BCUT2D eigenvalue weighted by molar-refractivity contribution is 5.89. The summed E-state index contributed by atoms with van der Waals surface area (Å²) in [5.41, 5.74) is 7.20. The standard InChI is InChI=1S/C17H22N4O3/c1-2-23-14-5-3-13(4-6-14)19-17(22)21-9-7-12(8-10-21)15-11-16(18)24-20-15/h3-6,11-12H,2,7-10,18H2,1H3,(H,19,22). The Hall–Kier alpha value is -2.70. The van der Waals surface area contributed by atoms with E-state index in [1.807, 2.05) is 36.1 Å². The van der Waals surface area contributed by atoms with Crippen LogP contribution in [-0.4, -0.2) is 35.8 Å². The average Bonchev–Trinajstić information content (AvgIpc) is 3.03. The number of carbonyl (C=O) groups is 1. The maximum atomic E-state index is 12.4. The molecule has 2 aromatic rings. The predicted octanol–water partition coefficient (Wildman–Crippen LogP) is 3.07. The van der Waals surface area contributed by atoms with Gasteiger partial charge in [-0.3, -0.25) is 0 Å². The number of amides is 2. The highest BCUT2D eigenvalue weighted by Gasteiger charge is 2.25. The lowest BCUT2D eigenvalue weighted by molar-refractivity contribution is 0.193. The Labute approximate surface area is 140 Å². The van der Waals surface area contributed by atoms with Gasteiger partial charge in [0.15, 0.2) is 0 Å². The van der Waals surface area contributed by atoms with Gasteiger partial charge in [0.25, 0.3) is 0 Å². The zero-order chi connectivity index (χ0) is 16.9. The molecule has 3 rings (SSSR count). The van der Waals surface area contributed by atoms with E-state index in [1.54, 1.807) is 6.07 Å². The molecule has 1 aromatic heterocycles. The van der Waals surface area contributed by atoms with Crippen LogP contribution < -0.4 is 15.8 Å². The molecular formula is C17H22N4O3. The number of carbonyl (C=O) groups excluding carboxylic acids is 1. The number of anilines is 2. The fourth-order valence-electron chi connectivity index (χ4n) is 2.88. The minimum absolute atomic E-state index is 0.0859. The van der Waals surface area contributed by atoms with E-state index in [-0.39, 0.29) is 6.03 Å². The molecule has 2 amide bonds. The van der Waals surface area contributed by atoms with Gasteiger partial charge in [-0.25, -0.2) is 4.79 Å². The van der Waals surface area contributed by atoms with Crippen LogP contribution in [0.2, 0.25) is 0 Å². The summed E-state index contributed by atoms with van der Waals surface area (Å²) in [7, 11) is 0. The molecule has 1 aliphatic heterocycles. The van der Waals surface area contributed by atoms with Crippen molar-refractivity contribution in [1.82, 2.24) is 10.1 Å². The van der Waals surface area contributed by atoms with Crippen molar-refractivity contribution in [2.45, 2.75) is 25.7 Å². The van der Waals surface area contributed by atoms with E-state index < -0.39 is 0 Å². The van der Waals surface area contributed by atoms with E-state index in [9.17, 15) is 4.79 Å². The van der Waals surface area contributed by atoms with E-state index in [4.69, 9.17) is 15.0 Å². The number of ether oxygens (including phenoxy) is 1. The number of nitrogens with two attached hydrogens (primary N) is 1. The summed E-state index contributed by atoms with van der Waals surface area (Å²) in [5, 5.41) is 6.89. The highest BCUT2D eigenvalue weighted by Crippen LogP contribution is 2.28. The molecule has 0 radical (unpaired) electrons. The van der Waals surface area contributed by atoms with E-state index in [2.05, 4.69) is 10.5 Å². The summed E-state index contributed by atoms with van der Waals surface area (Å²) in [6.07, 6.45) is 1.70. The first kappa shape index (κ1) is 16.2. The molecule has 3 N–H and O–H groups in total. The number of likely N-dealkylation sites (tertiary alicyclic amines) is 1. The predicted molar refractivity (Wildman–Crippen MR) is 91.1 cm³/mol. The van der Waals surface area contributed by atoms with E-state index in [1.165, 1.54) is 0 Å². The lowest BCUT2D eigenvalue weighted by atomic mass is 9.94. The number of nitrogens with zero attached hydrogens (tertiary/aromatic N) is 2. The second kappa shape index (κ2) is 7.25. The molecule has 7 heteroatoms. The lowest BCUT2D eigenvalue weighted by Gasteiger charge is -2.31. The average molecular weight is 330 g/mol. The lowest BCUT2D eigenvalue weighted by Crippen LogP contribution is -2.40. The first-order chi connectivity index (χ1) is 11.7. The van der Waals surface area contributed by atoms with Crippen LogP contribution in [0.15, 0.2) is 34.9 Å². The Bertz CT molecular complexity index is 675. The molecule has 1 aromatic carbocycles. The van der Waals surface area contributed by atoms with Gasteiger partial charge < -0.3 is 25.2 Å². The maximum Gasteiger partial charge on any atom is 0.321 e. The van der Waals surface area contributed by atoms with Crippen molar-refractivity contribution >= 4 is 17.6 Å². The van der Waals surface area contributed by atoms with Crippen LogP contribution in [0.4, 0.5) is 16.4 Å². The third kappa shape index (κ3) is 3.79. The molecule has 0 saturated carbocycles. The second-order valence-electron chi connectivity index (χ2n) is 5.80. The molecule has 1 saturated heterocycles. The van der Waals surface area contributed by atoms with Gasteiger partial charge in [0.1, 0.15) is 5.75 Å². The van der Waals surface area contributed by atoms with Gasteiger partial charge in [0.2, 0.25) is 5.88 Å². The molecule has 128 valence electrons. The maximum absolute atomic E-state index is 12.4. The Morgan fingerprint density at radius 1 is 1.38 bits per heavy atom. The second-order valence-corrected chi connectivity index (χ2v) is 5.80. The van der Waals surface area contributed by atoms with Crippen molar-refractivity contribution in [1.29, 1.82) is 0 Å². The Balaban J connectivity index is 1.51. The smallest absolute Gasteiger partial charge is 0.321 e. The SMILES string of the molecule is CCOc1ccc(NC(=O)N2CCC(c3cc(N)on3)CC2)cc1. The number of nitrogen functional groups attached to an aromatic ring is 1. The fraction of sp³-hybridized carbons (Fsp3) is 0.412. The molecule has 0 unspecified atom stereocenters. The van der Waals surface area contributed by atoms with Crippen LogP contribution in [0.1, 0.15) is 31.4 Å². The third-order valence-corrected chi connectivity index (χ3v) is 4.16. The summed E-state index contributed by atoms with van der Waals surface area (Å²) >= 11 is 0. The topological polar surface area (TPSA) is 93.6 Å². The fourth-order valence-corrected chi connectivity index (χ4v) is 2.88. The number of piperidine rings is 1. The summed E-state index contributed by atoms with van der Waals surface area (Å²) < 4.78 is 10.3. The van der Waals surface area contributed by atoms with Gasteiger partial charge in [-0.2, -0.15) is 0 Å². The third-order valence-electron chi connectivity index (χ3n) is 4.16. The molecule has 0 bridgehead atoms. The number of hydrogen-bond donors (Lipinski definition) is 2. The van der Waals surface area contributed by atoms with Crippen LogP contribution in [-0.2, 0) is 0 Å². The minimum atomic E-state index is -0.0859. The number of hydrogen-bond acceptors (Lipinski definition) is 5. The van der Waals surface area contributed by atoms with Gasteiger partial charge in [-0.15, -0.1) is 0 Å². The summed E-state index contributed by atoms with van der Waals surface area (Å²) in [6, 6.07) is 9.06. The number of nitrogens with one attached hydrogen (secondary N) is 1. The summed E-state index contributed by atoms with van der Waals surface area (Å²) in [6.45, 7) is 3.92. The van der Waals surface area contributed by atoms with Crippen LogP contribution >= 0.6 is 0 Å². The van der Waals surface area contributed by atoms with Gasteiger partial charge in [-0.1, -0.05) is 5.16 Å². The van der Waals surface area contributed by atoms with Crippen molar-refractivity contribution in [2.24, 2.45) is 0 Å². The quantitative estimate of drug-likeness (QED) is 0.898. The normalized spacial score (nSPS) is 15.3. The van der Waals surface area contributed by atoms with Crippen molar-refractivity contribution in [3.8, 4) is 5.75 Å². The van der Waals surface area contributed by atoms with Crippen molar-refractivity contribution < 1.29 is 14.1 Å². The summed E-state index contributed by atoms with van der Waals surface area (Å²) in [4.78, 5) is 14.2. The van der Waals surface area contributed by atoms with E-state index in [0.29, 0.717) is 31.5 Å². The number of rotatable bonds is 4. The monoisotopic (exact) mass is 330 g/mol. The van der Waals surface area contributed by atoms with Gasteiger partial charge in [0, 0.05) is 30.8 Å². The van der Waals surface area contributed by atoms with Gasteiger partial charge in [0.05, 0.1) is 12.3 Å². The first-order valence-electron chi connectivity index (χ1n) is 8.16. The van der Waals surface area contributed by atoms with Crippen LogP contribution in [0, 0.1) is 0 Å². The Morgan fingerprint density at radius 2 is 2.08 bits per heavy atom. The zero-order valence-corrected chi connectivity index (χ0v) is 13.7. The van der Waals surface area contributed by atoms with Crippen molar-refractivity contribution in [3.63, 3.8) is 0 Å². The molecule has 2 heterocycles. The number of benzene rings is 1. The van der Waals surface area contributed by atoms with Crippen LogP contribution in [0.5, 0.6) is 5.75 Å². The molecular weight excluding hydrogens is 308 g/mol. The molecule has 0 aliphatic carbocycles. The molecule has 7 nitrogen and oxygen atoms in total. The number of aromatic nitrogens is 1. The molecule has 1 fully saturated rings. The van der Waals surface area contributed by atoms with E-state index in [0.717, 1.165) is 30.0 Å².